The number of fused-ring (bicyclic) bond motifs is 1. The van der Waals surface area contributed by atoms with E-state index in [1.807, 2.05) is 49.8 Å². The average Bonchev–Trinajstić information content (AvgIpc) is 3.70. The molecule has 2 saturated heterocycles. The maximum Gasteiger partial charge on any atom is 0.260 e. The molecule has 2 N–H and O–H groups in total. The van der Waals surface area contributed by atoms with Gasteiger partial charge in [0, 0.05) is 80.1 Å². The zero-order valence-corrected chi connectivity index (χ0v) is 23.9. The summed E-state index contributed by atoms with van der Waals surface area (Å²) in [6, 6.07) is 16.2. The summed E-state index contributed by atoms with van der Waals surface area (Å²) in [5, 5.41) is 11.9. The lowest BCUT2D eigenvalue weighted by molar-refractivity contribution is 0.186. The molecule has 10 heteroatoms. The predicted octanol–water partition coefficient (Wildman–Crippen LogP) is 4.28. The van der Waals surface area contributed by atoms with E-state index in [0.29, 0.717) is 30.4 Å². The molecule has 0 amide bonds. The standard InChI is InChI=1S/C32H34N8O2/c1-21-15-26(7-8-29(21)39-12-10-33-11-13-39)36-32-34-17-24-16-28(31(41)40(30(24)37-32)27-9-14-42-20-27)23-5-3-22(4-6-23)25-18-35-38(2)19-25/h3-8,15-19,27,33H,9-14,20H2,1-2H3,(H,34,36,37). The van der Waals surface area contributed by atoms with Crippen molar-refractivity contribution in [1.29, 1.82) is 0 Å². The molecular formula is C32H34N8O2. The quantitative estimate of drug-likeness (QED) is 0.316. The number of nitrogens with one attached hydrogen (secondary N) is 2. The van der Waals surface area contributed by atoms with Crippen molar-refractivity contribution in [3.05, 3.63) is 83.0 Å². The Morgan fingerprint density at radius 1 is 1.00 bits per heavy atom. The van der Waals surface area contributed by atoms with Gasteiger partial charge in [0.15, 0.2) is 0 Å². The number of pyridine rings is 1. The smallest absolute Gasteiger partial charge is 0.260 e. The number of benzene rings is 2. The molecule has 214 valence electrons. The van der Waals surface area contributed by atoms with Crippen LogP contribution in [0.4, 0.5) is 17.3 Å². The van der Waals surface area contributed by atoms with Gasteiger partial charge in [0.1, 0.15) is 5.65 Å². The summed E-state index contributed by atoms with van der Waals surface area (Å²) in [5.74, 6) is 0.456. The highest BCUT2D eigenvalue weighted by atomic mass is 16.5. The van der Waals surface area contributed by atoms with Gasteiger partial charge in [0.05, 0.1) is 18.8 Å². The van der Waals surface area contributed by atoms with Crippen LogP contribution in [0.25, 0.3) is 33.3 Å². The van der Waals surface area contributed by atoms with E-state index in [2.05, 4.69) is 50.7 Å². The van der Waals surface area contributed by atoms with Gasteiger partial charge in [-0.25, -0.2) is 4.98 Å². The lowest BCUT2D eigenvalue weighted by atomic mass is 10.0. The highest BCUT2D eigenvalue weighted by Gasteiger charge is 2.24. The molecule has 42 heavy (non-hydrogen) atoms. The Bertz CT molecular complexity index is 1800. The van der Waals surface area contributed by atoms with Gasteiger partial charge in [0.2, 0.25) is 5.95 Å². The van der Waals surface area contributed by atoms with Gasteiger partial charge in [-0.15, -0.1) is 0 Å². The maximum atomic E-state index is 14.0. The molecule has 2 aliphatic heterocycles. The molecular weight excluding hydrogens is 528 g/mol. The topological polar surface area (TPSA) is 102 Å². The third-order valence-corrected chi connectivity index (χ3v) is 8.19. The number of rotatable bonds is 6. The second-order valence-corrected chi connectivity index (χ2v) is 11.1. The molecule has 0 radical (unpaired) electrons. The van der Waals surface area contributed by atoms with Crippen LogP contribution in [0.2, 0.25) is 0 Å². The number of aromatic nitrogens is 5. The molecule has 0 spiro atoms. The fraction of sp³-hybridized carbons (Fsp3) is 0.312. The highest BCUT2D eigenvalue weighted by Crippen LogP contribution is 2.29. The molecule has 3 aromatic heterocycles. The van der Waals surface area contributed by atoms with Crippen molar-refractivity contribution in [2.75, 3.05) is 49.6 Å². The van der Waals surface area contributed by atoms with Crippen molar-refractivity contribution >= 4 is 28.4 Å². The molecule has 7 rings (SSSR count). The van der Waals surface area contributed by atoms with Gasteiger partial charge in [-0.05, 0) is 54.3 Å². The molecule has 2 aromatic carbocycles. The summed E-state index contributed by atoms with van der Waals surface area (Å²) in [7, 11) is 1.90. The molecule has 0 saturated carbocycles. The fourth-order valence-electron chi connectivity index (χ4n) is 5.99. The van der Waals surface area contributed by atoms with Gasteiger partial charge in [-0.2, -0.15) is 10.1 Å². The number of nitrogens with zero attached hydrogens (tertiary/aromatic N) is 6. The molecule has 0 aliphatic carbocycles. The summed E-state index contributed by atoms with van der Waals surface area (Å²) >= 11 is 0. The Balaban J connectivity index is 1.23. The predicted molar refractivity (Wildman–Crippen MR) is 165 cm³/mol. The lowest BCUT2D eigenvalue weighted by Gasteiger charge is -2.30. The highest BCUT2D eigenvalue weighted by molar-refractivity contribution is 5.82. The van der Waals surface area contributed by atoms with E-state index >= 15 is 0 Å². The van der Waals surface area contributed by atoms with Gasteiger partial charge in [-0.3, -0.25) is 14.0 Å². The minimum absolute atomic E-state index is 0.0759. The van der Waals surface area contributed by atoms with E-state index in [1.54, 1.807) is 15.4 Å². The van der Waals surface area contributed by atoms with Crippen molar-refractivity contribution in [3.63, 3.8) is 0 Å². The Kier molecular flexibility index (Phi) is 6.93. The van der Waals surface area contributed by atoms with Gasteiger partial charge < -0.3 is 20.3 Å². The van der Waals surface area contributed by atoms with Crippen LogP contribution in [0.1, 0.15) is 18.0 Å². The van der Waals surface area contributed by atoms with Crippen molar-refractivity contribution < 1.29 is 4.74 Å². The van der Waals surface area contributed by atoms with E-state index in [4.69, 9.17) is 9.72 Å². The number of hydrogen-bond acceptors (Lipinski definition) is 8. The third-order valence-electron chi connectivity index (χ3n) is 8.19. The molecule has 5 aromatic rings. The number of ether oxygens (including phenoxy) is 1. The Morgan fingerprint density at radius 3 is 2.52 bits per heavy atom. The normalized spacial score (nSPS) is 17.2. The van der Waals surface area contributed by atoms with E-state index in [9.17, 15) is 4.79 Å². The summed E-state index contributed by atoms with van der Waals surface area (Å²) in [6.45, 7) is 7.23. The van der Waals surface area contributed by atoms with E-state index in [1.165, 1.54) is 11.3 Å². The summed E-state index contributed by atoms with van der Waals surface area (Å²) < 4.78 is 9.28. The second kappa shape index (κ2) is 11.0. The SMILES string of the molecule is Cc1cc(Nc2ncc3cc(-c4ccc(-c5cnn(C)c5)cc4)c(=O)n(C4CCOC4)c3n2)ccc1N1CCNCC1. The first-order valence-corrected chi connectivity index (χ1v) is 14.5. The number of anilines is 3. The van der Waals surface area contributed by atoms with Gasteiger partial charge >= 0.3 is 0 Å². The Hall–Kier alpha value is -4.54. The van der Waals surface area contributed by atoms with Crippen molar-refractivity contribution in [2.24, 2.45) is 7.05 Å². The van der Waals surface area contributed by atoms with Crippen molar-refractivity contribution in [2.45, 2.75) is 19.4 Å². The maximum absolute atomic E-state index is 14.0. The molecule has 2 fully saturated rings. The van der Waals surface area contributed by atoms with Crippen LogP contribution in [0, 0.1) is 6.92 Å². The second-order valence-electron chi connectivity index (χ2n) is 11.1. The average molecular weight is 563 g/mol. The molecule has 0 bridgehead atoms. The summed E-state index contributed by atoms with van der Waals surface area (Å²) in [5.41, 5.74) is 7.44. The third kappa shape index (κ3) is 5.03. The van der Waals surface area contributed by atoms with Crippen molar-refractivity contribution in [1.82, 2.24) is 29.6 Å². The van der Waals surface area contributed by atoms with Crippen LogP contribution < -0.4 is 21.1 Å². The van der Waals surface area contributed by atoms with Crippen LogP contribution in [-0.2, 0) is 11.8 Å². The monoisotopic (exact) mass is 562 g/mol. The lowest BCUT2D eigenvalue weighted by Crippen LogP contribution is -2.43. The zero-order valence-electron chi connectivity index (χ0n) is 23.9. The van der Waals surface area contributed by atoms with E-state index in [0.717, 1.165) is 60.4 Å². The van der Waals surface area contributed by atoms with Crippen LogP contribution >= 0.6 is 0 Å². The first kappa shape index (κ1) is 26.4. The minimum atomic E-state index is -0.0853. The van der Waals surface area contributed by atoms with Crippen molar-refractivity contribution in [3.8, 4) is 22.3 Å². The molecule has 5 heterocycles. The summed E-state index contributed by atoms with van der Waals surface area (Å²) in [6.07, 6.45) is 6.37. The minimum Gasteiger partial charge on any atom is -0.379 e. The Labute approximate surface area is 244 Å². The number of piperazine rings is 1. The molecule has 2 aliphatic rings. The van der Waals surface area contributed by atoms with Crippen LogP contribution in [0.5, 0.6) is 0 Å². The fourth-order valence-corrected chi connectivity index (χ4v) is 5.99. The first-order valence-electron chi connectivity index (χ1n) is 14.5. The van der Waals surface area contributed by atoms with Crippen LogP contribution in [-0.4, -0.2) is 63.7 Å². The summed E-state index contributed by atoms with van der Waals surface area (Å²) in [4.78, 5) is 25.9. The molecule has 1 atom stereocenters. The Morgan fingerprint density at radius 2 is 1.81 bits per heavy atom. The largest absolute Gasteiger partial charge is 0.379 e. The van der Waals surface area contributed by atoms with Crippen LogP contribution in [0.15, 0.2) is 71.9 Å². The van der Waals surface area contributed by atoms with Gasteiger partial charge in [-0.1, -0.05) is 24.3 Å². The van der Waals surface area contributed by atoms with Crippen LogP contribution in [0.3, 0.4) is 0 Å². The zero-order chi connectivity index (χ0) is 28.6. The number of hydrogen-bond donors (Lipinski definition) is 2. The van der Waals surface area contributed by atoms with E-state index < -0.39 is 0 Å². The first-order chi connectivity index (χ1) is 20.5. The molecule has 1 unspecified atom stereocenters. The van der Waals surface area contributed by atoms with E-state index in [-0.39, 0.29) is 11.6 Å². The van der Waals surface area contributed by atoms with Gasteiger partial charge in [0.25, 0.3) is 5.56 Å². The number of aryl methyl sites for hydroxylation is 2. The molecule has 10 nitrogen and oxygen atoms in total.